The summed E-state index contributed by atoms with van der Waals surface area (Å²) in [5.74, 6) is 2.70. The first-order valence-electron chi connectivity index (χ1n) is 4.31. The Morgan fingerprint density at radius 1 is 1.60 bits per heavy atom. The molecule has 0 unspecified atom stereocenters. The van der Waals surface area contributed by atoms with Crippen molar-refractivity contribution in [3.63, 3.8) is 0 Å². The highest BCUT2D eigenvalue weighted by Gasteiger charge is 2.01. The molecule has 1 aromatic rings. The molecule has 78 valence electrons. The number of amides is 1. The zero-order chi connectivity index (χ0) is 11.1. The monoisotopic (exact) mass is 283 g/mol. The van der Waals surface area contributed by atoms with Crippen molar-refractivity contribution in [2.45, 2.75) is 4.90 Å². The van der Waals surface area contributed by atoms with Gasteiger partial charge in [0.1, 0.15) is 0 Å². The Bertz CT molecular complexity index is 386. The Labute approximate surface area is 102 Å². The van der Waals surface area contributed by atoms with Gasteiger partial charge in [-0.15, -0.1) is 18.2 Å². The lowest BCUT2D eigenvalue weighted by Crippen LogP contribution is -2.25. The summed E-state index contributed by atoms with van der Waals surface area (Å²) in [5, 5.41) is 2.61. The molecule has 0 aliphatic rings. The standard InChI is InChI=1S/C11H10BrNOS/c1-2-6-13-11(14)8-15-10-5-3-4-9(12)7-10/h1,3-5,7H,6,8H2,(H,13,14). The molecule has 0 spiro atoms. The highest BCUT2D eigenvalue weighted by atomic mass is 79.9. The first kappa shape index (κ1) is 12.2. The van der Waals surface area contributed by atoms with Gasteiger partial charge in [-0.05, 0) is 18.2 Å². The van der Waals surface area contributed by atoms with Crippen LogP contribution in [0.15, 0.2) is 33.6 Å². The van der Waals surface area contributed by atoms with E-state index in [9.17, 15) is 4.79 Å². The number of rotatable bonds is 4. The Balaban J connectivity index is 2.37. The summed E-state index contributed by atoms with van der Waals surface area (Å²) in [6, 6.07) is 7.82. The van der Waals surface area contributed by atoms with Crippen LogP contribution in [-0.4, -0.2) is 18.2 Å². The summed E-state index contributed by atoms with van der Waals surface area (Å²) in [4.78, 5) is 12.3. The van der Waals surface area contributed by atoms with Gasteiger partial charge in [0.2, 0.25) is 5.91 Å². The second-order valence-corrected chi connectivity index (χ2v) is 4.69. The minimum Gasteiger partial charge on any atom is -0.344 e. The second-order valence-electron chi connectivity index (χ2n) is 2.73. The van der Waals surface area contributed by atoms with Crippen LogP contribution < -0.4 is 5.32 Å². The van der Waals surface area contributed by atoms with Crippen molar-refractivity contribution in [3.8, 4) is 12.3 Å². The van der Waals surface area contributed by atoms with Gasteiger partial charge in [-0.25, -0.2) is 0 Å². The van der Waals surface area contributed by atoms with Crippen molar-refractivity contribution < 1.29 is 4.79 Å². The average molecular weight is 284 g/mol. The molecule has 2 nitrogen and oxygen atoms in total. The van der Waals surface area contributed by atoms with Crippen LogP contribution in [0.4, 0.5) is 0 Å². The van der Waals surface area contributed by atoms with E-state index in [2.05, 4.69) is 27.2 Å². The molecule has 1 N–H and O–H groups in total. The molecule has 0 saturated carbocycles. The van der Waals surface area contributed by atoms with Gasteiger partial charge in [-0.3, -0.25) is 4.79 Å². The average Bonchev–Trinajstić information content (AvgIpc) is 2.23. The predicted molar refractivity (Wildman–Crippen MR) is 66.7 cm³/mol. The molecule has 4 heteroatoms. The fourth-order valence-corrected chi connectivity index (χ4v) is 2.24. The van der Waals surface area contributed by atoms with Gasteiger partial charge >= 0.3 is 0 Å². The van der Waals surface area contributed by atoms with E-state index in [4.69, 9.17) is 6.42 Å². The molecular formula is C11H10BrNOS. The van der Waals surface area contributed by atoms with Gasteiger partial charge in [-0.1, -0.05) is 27.9 Å². The highest BCUT2D eigenvalue weighted by Crippen LogP contribution is 2.21. The number of halogens is 1. The van der Waals surface area contributed by atoms with E-state index in [1.807, 2.05) is 24.3 Å². The molecular weight excluding hydrogens is 274 g/mol. The number of hydrogen-bond acceptors (Lipinski definition) is 2. The summed E-state index contributed by atoms with van der Waals surface area (Å²) >= 11 is 4.85. The Hall–Kier alpha value is -0.920. The smallest absolute Gasteiger partial charge is 0.231 e. The number of thioether (sulfide) groups is 1. The maximum atomic E-state index is 11.2. The maximum Gasteiger partial charge on any atom is 0.231 e. The van der Waals surface area contributed by atoms with Gasteiger partial charge < -0.3 is 5.32 Å². The Morgan fingerprint density at radius 2 is 2.40 bits per heavy atom. The van der Waals surface area contributed by atoms with Crippen LogP contribution in [0, 0.1) is 12.3 Å². The largest absolute Gasteiger partial charge is 0.344 e. The summed E-state index contributed by atoms with van der Waals surface area (Å²) in [5.41, 5.74) is 0. The summed E-state index contributed by atoms with van der Waals surface area (Å²) in [7, 11) is 0. The first-order chi connectivity index (χ1) is 7.22. The van der Waals surface area contributed by atoms with Crippen molar-refractivity contribution in [2.75, 3.05) is 12.3 Å². The molecule has 15 heavy (non-hydrogen) atoms. The summed E-state index contributed by atoms with van der Waals surface area (Å²) < 4.78 is 1.01. The fraction of sp³-hybridized carbons (Fsp3) is 0.182. The number of carbonyl (C=O) groups excluding carboxylic acids is 1. The topological polar surface area (TPSA) is 29.1 Å². The van der Waals surface area contributed by atoms with Crippen LogP contribution in [0.5, 0.6) is 0 Å². The SMILES string of the molecule is C#CCNC(=O)CSc1cccc(Br)c1. The van der Waals surface area contributed by atoms with Crippen molar-refractivity contribution >= 4 is 33.6 Å². The van der Waals surface area contributed by atoms with Crippen LogP contribution in [-0.2, 0) is 4.79 Å². The molecule has 0 aliphatic heterocycles. The number of nitrogens with one attached hydrogen (secondary N) is 1. The van der Waals surface area contributed by atoms with Crippen LogP contribution in [0.2, 0.25) is 0 Å². The zero-order valence-electron chi connectivity index (χ0n) is 8.00. The number of carbonyl (C=O) groups is 1. The predicted octanol–water partition coefficient (Wildman–Crippen LogP) is 2.29. The first-order valence-corrected chi connectivity index (χ1v) is 6.09. The van der Waals surface area contributed by atoms with Gasteiger partial charge in [0.05, 0.1) is 12.3 Å². The Kier molecular flexibility index (Phi) is 5.30. The molecule has 0 radical (unpaired) electrons. The van der Waals surface area contributed by atoms with E-state index in [-0.39, 0.29) is 12.5 Å². The Morgan fingerprint density at radius 3 is 3.07 bits per heavy atom. The third kappa shape index (κ3) is 4.91. The molecule has 0 fully saturated rings. The lowest BCUT2D eigenvalue weighted by molar-refractivity contribution is -0.118. The fourth-order valence-electron chi connectivity index (χ4n) is 0.906. The number of terminal acetylenes is 1. The molecule has 0 bridgehead atoms. The lowest BCUT2D eigenvalue weighted by atomic mass is 10.4. The number of hydrogen-bond donors (Lipinski definition) is 1. The van der Waals surface area contributed by atoms with Crippen molar-refractivity contribution in [2.24, 2.45) is 0 Å². The van der Waals surface area contributed by atoms with Gasteiger partial charge in [0.25, 0.3) is 0 Å². The zero-order valence-corrected chi connectivity index (χ0v) is 10.4. The van der Waals surface area contributed by atoms with E-state index in [1.54, 1.807) is 0 Å². The minimum absolute atomic E-state index is 0.0436. The molecule has 1 aromatic carbocycles. The lowest BCUT2D eigenvalue weighted by Gasteiger charge is -2.02. The van der Waals surface area contributed by atoms with E-state index < -0.39 is 0 Å². The third-order valence-electron chi connectivity index (χ3n) is 1.55. The number of benzene rings is 1. The maximum absolute atomic E-state index is 11.2. The third-order valence-corrected chi connectivity index (χ3v) is 3.04. The molecule has 0 aromatic heterocycles. The van der Waals surface area contributed by atoms with Gasteiger partial charge in [0.15, 0.2) is 0 Å². The normalized spacial score (nSPS) is 9.33. The highest BCUT2D eigenvalue weighted by molar-refractivity contribution is 9.10. The molecule has 0 aliphatic carbocycles. The molecule has 1 rings (SSSR count). The van der Waals surface area contributed by atoms with E-state index >= 15 is 0 Å². The van der Waals surface area contributed by atoms with Crippen LogP contribution in [0.25, 0.3) is 0 Å². The summed E-state index contributed by atoms with van der Waals surface area (Å²) in [6.45, 7) is 0.290. The van der Waals surface area contributed by atoms with Gasteiger partial charge in [-0.2, -0.15) is 0 Å². The van der Waals surface area contributed by atoms with Crippen LogP contribution in [0.3, 0.4) is 0 Å². The van der Waals surface area contributed by atoms with Crippen molar-refractivity contribution in [1.29, 1.82) is 0 Å². The summed E-state index contributed by atoms with van der Waals surface area (Å²) in [6.07, 6.45) is 5.03. The second kappa shape index (κ2) is 6.54. The van der Waals surface area contributed by atoms with E-state index in [0.717, 1.165) is 9.37 Å². The van der Waals surface area contributed by atoms with Crippen molar-refractivity contribution in [3.05, 3.63) is 28.7 Å². The van der Waals surface area contributed by atoms with Crippen molar-refractivity contribution in [1.82, 2.24) is 5.32 Å². The van der Waals surface area contributed by atoms with Gasteiger partial charge in [0, 0.05) is 9.37 Å². The minimum atomic E-state index is -0.0436. The van der Waals surface area contributed by atoms with E-state index in [0.29, 0.717) is 5.75 Å². The quantitative estimate of drug-likeness (QED) is 0.679. The molecule has 0 heterocycles. The van der Waals surface area contributed by atoms with E-state index in [1.165, 1.54) is 11.8 Å². The van der Waals surface area contributed by atoms with Crippen LogP contribution in [0.1, 0.15) is 0 Å². The molecule has 0 saturated heterocycles. The molecule has 1 amide bonds. The van der Waals surface area contributed by atoms with Crippen LogP contribution >= 0.6 is 27.7 Å². The molecule has 0 atom stereocenters.